The second-order valence-electron chi connectivity index (χ2n) is 6.12. The van der Waals surface area contributed by atoms with Gasteiger partial charge in [0.1, 0.15) is 6.04 Å². The van der Waals surface area contributed by atoms with Crippen molar-refractivity contribution in [2.45, 2.75) is 38.8 Å². The van der Waals surface area contributed by atoms with Gasteiger partial charge in [0.15, 0.2) is 0 Å². The standard InChI is InChI=1S/C17H21N3O4/c1-10-9-12(19-17(23)16-11(2)24-8-7-18-16)3-4-13(10)20-14(21)5-6-15(20)22/h3-4,9,11,16,18H,5-8H2,1-2H3,(H,19,23)/t11-,16+/m1/s1. The van der Waals surface area contributed by atoms with Crippen molar-refractivity contribution in [3.05, 3.63) is 23.8 Å². The van der Waals surface area contributed by atoms with E-state index in [0.29, 0.717) is 24.5 Å². The Morgan fingerprint density at radius 3 is 2.62 bits per heavy atom. The second kappa shape index (κ2) is 6.70. The fraction of sp³-hybridized carbons (Fsp3) is 0.471. The van der Waals surface area contributed by atoms with Crippen molar-refractivity contribution in [3.8, 4) is 0 Å². The molecule has 7 nitrogen and oxygen atoms in total. The summed E-state index contributed by atoms with van der Waals surface area (Å²) in [6.45, 7) is 4.90. The van der Waals surface area contributed by atoms with E-state index < -0.39 is 6.04 Å². The van der Waals surface area contributed by atoms with Gasteiger partial charge in [-0.3, -0.25) is 19.3 Å². The molecule has 2 aliphatic heterocycles. The van der Waals surface area contributed by atoms with Crippen molar-refractivity contribution < 1.29 is 19.1 Å². The number of morpholine rings is 1. The highest BCUT2D eigenvalue weighted by atomic mass is 16.5. The molecule has 2 aliphatic rings. The molecule has 0 saturated carbocycles. The number of aryl methyl sites for hydroxylation is 1. The van der Waals surface area contributed by atoms with E-state index in [9.17, 15) is 14.4 Å². The lowest BCUT2D eigenvalue weighted by Gasteiger charge is -2.29. The smallest absolute Gasteiger partial charge is 0.244 e. The first-order chi connectivity index (χ1) is 11.5. The normalized spacial score (nSPS) is 24.3. The van der Waals surface area contributed by atoms with Crippen molar-refractivity contribution in [3.63, 3.8) is 0 Å². The average Bonchev–Trinajstić information content (AvgIpc) is 2.87. The highest BCUT2D eigenvalue weighted by Crippen LogP contribution is 2.28. The molecule has 0 aliphatic carbocycles. The first-order valence-electron chi connectivity index (χ1n) is 8.09. The SMILES string of the molecule is Cc1cc(NC(=O)[C@H]2NCCO[C@@H]2C)ccc1N1C(=O)CCC1=O. The maximum Gasteiger partial charge on any atom is 0.244 e. The Bertz CT molecular complexity index is 672. The monoisotopic (exact) mass is 331 g/mol. The minimum Gasteiger partial charge on any atom is -0.375 e. The van der Waals surface area contributed by atoms with Crippen LogP contribution in [0.3, 0.4) is 0 Å². The molecule has 3 rings (SSSR count). The van der Waals surface area contributed by atoms with Gasteiger partial charge in [-0.1, -0.05) is 0 Å². The molecule has 2 saturated heterocycles. The van der Waals surface area contributed by atoms with E-state index in [4.69, 9.17) is 4.74 Å². The zero-order chi connectivity index (χ0) is 17.3. The van der Waals surface area contributed by atoms with Gasteiger partial charge in [-0.15, -0.1) is 0 Å². The fourth-order valence-corrected chi connectivity index (χ4v) is 3.08. The molecule has 0 unspecified atom stereocenters. The average molecular weight is 331 g/mol. The van der Waals surface area contributed by atoms with Crippen molar-refractivity contribution in [2.24, 2.45) is 0 Å². The predicted octanol–water partition coefficient (Wildman–Crippen LogP) is 0.964. The van der Waals surface area contributed by atoms with Crippen LogP contribution < -0.4 is 15.5 Å². The van der Waals surface area contributed by atoms with Crippen LogP contribution in [0.15, 0.2) is 18.2 Å². The molecule has 3 amide bonds. The van der Waals surface area contributed by atoms with Gasteiger partial charge in [-0.05, 0) is 37.6 Å². The van der Waals surface area contributed by atoms with E-state index in [1.54, 1.807) is 18.2 Å². The van der Waals surface area contributed by atoms with Crippen molar-refractivity contribution in [1.82, 2.24) is 5.32 Å². The quantitative estimate of drug-likeness (QED) is 0.806. The number of imide groups is 1. The van der Waals surface area contributed by atoms with Gasteiger partial charge in [0, 0.05) is 25.1 Å². The molecule has 24 heavy (non-hydrogen) atoms. The summed E-state index contributed by atoms with van der Waals surface area (Å²) in [6, 6.07) is 4.76. The van der Waals surface area contributed by atoms with E-state index in [0.717, 1.165) is 5.56 Å². The lowest BCUT2D eigenvalue weighted by atomic mass is 10.1. The van der Waals surface area contributed by atoms with Crippen LogP contribution in [0.25, 0.3) is 0 Å². The largest absolute Gasteiger partial charge is 0.375 e. The van der Waals surface area contributed by atoms with Crippen molar-refractivity contribution in [1.29, 1.82) is 0 Å². The molecule has 1 aromatic carbocycles. The van der Waals surface area contributed by atoms with Gasteiger partial charge < -0.3 is 15.4 Å². The predicted molar refractivity (Wildman–Crippen MR) is 88.7 cm³/mol. The Balaban J connectivity index is 1.74. The summed E-state index contributed by atoms with van der Waals surface area (Å²) in [7, 11) is 0. The molecule has 1 aromatic rings. The first-order valence-corrected chi connectivity index (χ1v) is 8.09. The zero-order valence-corrected chi connectivity index (χ0v) is 13.8. The third kappa shape index (κ3) is 3.18. The number of hydrogen-bond donors (Lipinski definition) is 2. The molecule has 7 heteroatoms. The fourth-order valence-electron chi connectivity index (χ4n) is 3.08. The molecular formula is C17H21N3O4. The van der Waals surface area contributed by atoms with Gasteiger partial charge >= 0.3 is 0 Å². The molecule has 0 spiro atoms. The van der Waals surface area contributed by atoms with Gasteiger partial charge in [0.05, 0.1) is 18.4 Å². The number of benzene rings is 1. The molecule has 128 valence electrons. The van der Waals surface area contributed by atoms with Crippen LogP contribution in [0, 0.1) is 6.92 Å². The van der Waals surface area contributed by atoms with E-state index in [1.807, 2.05) is 13.8 Å². The van der Waals surface area contributed by atoms with Gasteiger partial charge in [-0.25, -0.2) is 0 Å². The Hall–Kier alpha value is -2.25. The number of nitrogens with one attached hydrogen (secondary N) is 2. The van der Waals surface area contributed by atoms with Crippen LogP contribution in [-0.2, 0) is 19.1 Å². The van der Waals surface area contributed by atoms with Crippen molar-refractivity contribution >= 4 is 29.1 Å². The summed E-state index contributed by atoms with van der Waals surface area (Å²) in [5.41, 5.74) is 1.96. The van der Waals surface area contributed by atoms with E-state index in [2.05, 4.69) is 10.6 Å². The Kier molecular flexibility index (Phi) is 4.64. The number of carbonyl (C=O) groups is 3. The summed E-state index contributed by atoms with van der Waals surface area (Å²) in [5, 5.41) is 5.99. The molecule has 2 heterocycles. The van der Waals surface area contributed by atoms with Crippen LogP contribution in [0.4, 0.5) is 11.4 Å². The maximum atomic E-state index is 12.4. The number of rotatable bonds is 3. The van der Waals surface area contributed by atoms with E-state index in [-0.39, 0.29) is 36.7 Å². The van der Waals surface area contributed by atoms with Crippen LogP contribution in [0.1, 0.15) is 25.3 Å². The molecule has 2 atom stereocenters. The first kappa shape index (κ1) is 16.6. The van der Waals surface area contributed by atoms with E-state index in [1.165, 1.54) is 4.90 Å². The molecule has 2 fully saturated rings. The molecule has 0 radical (unpaired) electrons. The highest BCUT2D eigenvalue weighted by Gasteiger charge is 2.31. The maximum absolute atomic E-state index is 12.4. The molecule has 0 aromatic heterocycles. The van der Waals surface area contributed by atoms with Gasteiger partial charge in [0.2, 0.25) is 17.7 Å². The number of amides is 3. The summed E-state index contributed by atoms with van der Waals surface area (Å²) >= 11 is 0. The summed E-state index contributed by atoms with van der Waals surface area (Å²) in [5.74, 6) is -0.530. The molecule has 2 N–H and O–H groups in total. The summed E-state index contributed by atoms with van der Waals surface area (Å²) in [4.78, 5) is 37.3. The second-order valence-corrected chi connectivity index (χ2v) is 6.12. The Morgan fingerprint density at radius 1 is 1.29 bits per heavy atom. The summed E-state index contributed by atoms with van der Waals surface area (Å²) in [6.07, 6.45) is 0.309. The zero-order valence-electron chi connectivity index (χ0n) is 13.8. The number of nitrogens with zero attached hydrogens (tertiary/aromatic N) is 1. The lowest BCUT2D eigenvalue weighted by Crippen LogP contribution is -2.53. The third-order valence-electron chi connectivity index (χ3n) is 4.36. The molecule has 0 bridgehead atoms. The van der Waals surface area contributed by atoms with Gasteiger partial charge in [0.25, 0.3) is 0 Å². The lowest BCUT2D eigenvalue weighted by molar-refractivity contribution is -0.124. The Labute approximate surface area is 140 Å². The number of ether oxygens (including phenoxy) is 1. The Morgan fingerprint density at radius 2 is 2.00 bits per heavy atom. The van der Waals surface area contributed by atoms with Crippen LogP contribution in [-0.4, -0.2) is 43.0 Å². The van der Waals surface area contributed by atoms with Gasteiger partial charge in [-0.2, -0.15) is 0 Å². The number of hydrogen-bond acceptors (Lipinski definition) is 5. The minimum atomic E-state index is -0.402. The minimum absolute atomic E-state index is 0.164. The van der Waals surface area contributed by atoms with Crippen LogP contribution in [0.2, 0.25) is 0 Å². The van der Waals surface area contributed by atoms with Crippen molar-refractivity contribution in [2.75, 3.05) is 23.4 Å². The number of anilines is 2. The summed E-state index contributed by atoms with van der Waals surface area (Å²) < 4.78 is 5.48. The van der Waals surface area contributed by atoms with E-state index >= 15 is 0 Å². The van der Waals surface area contributed by atoms with Crippen LogP contribution in [0.5, 0.6) is 0 Å². The topological polar surface area (TPSA) is 87.7 Å². The number of carbonyl (C=O) groups excluding carboxylic acids is 3. The molecular weight excluding hydrogens is 310 g/mol. The highest BCUT2D eigenvalue weighted by molar-refractivity contribution is 6.20. The van der Waals surface area contributed by atoms with Crippen LogP contribution >= 0.6 is 0 Å². The third-order valence-corrected chi connectivity index (χ3v) is 4.36.